The molecule has 0 saturated heterocycles. The van der Waals surface area contributed by atoms with Gasteiger partial charge in [-0.3, -0.25) is 9.81 Å². The summed E-state index contributed by atoms with van der Waals surface area (Å²) in [6.45, 7) is 0. The minimum atomic E-state index is -4.41. The minimum Gasteiger partial charge on any atom is -0.286 e. The third-order valence-electron chi connectivity index (χ3n) is 2.89. The average Bonchev–Trinajstić information content (AvgIpc) is 2.37. The van der Waals surface area contributed by atoms with E-state index in [1.807, 2.05) is 0 Å². The van der Waals surface area contributed by atoms with Gasteiger partial charge < -0.3 is 0 Å². The second-order valence-corrected chi connectivity index (χ2v) is 4.12. The molecule has 0 aliphatic heterocycles. The number of aromatic nitrogens is 2. The van der Waals surface area contributed by atoms with Crippen LogP contribution < -0.4 is 5.49 Å². The van der Waals surface area contributed by atoms with Crippen LogP contribution in [0.5, 0.6) is 0 Å². The molecule has 3 aromatic rings. The largest absolute Gasteiger partial charge is 0.416 e. The first-order valence-electron chi connectivity index (χ1n) is 5.50. The number of halogens is 3. The van der Waals surface area contributed by atoms with E-state index >= 15 is 0 Å². The van der Waals surface area contributed by atoms with Crippen molar-refractivity contribution in [1.29, 1.82) is 5.41 Å². The van der Waals surface area contributed by atoms with E-state index in [1.54, 1.807) is 24.4 Å². The Labute approximate surface area is 105 Å². The SMILES string of the molecule is N=c1c2ccc(C(F)(F)F)cc2nc2ccccn12. The molecule has 0 bridgehead atoms. The van der Waals surface area contributed by atoms with E-state index < -0.39 is 11.7 Å². The van der Waals surface area contributed by atoms with Gasteiger partial charge in [-0.1, -0.05) is 6.07 Å². The molecule has 0 fully saturated rings. The molecule has 6 heteroatoms. The summed E-state index contributed by atoms with van der Waals surface area (Å²) in [6, 6.07) is 8.34. The molecule has 0 radical (unpaired) electrons. The number of rotatable bonds is 0. The summed E-state index contributed by atoms with van der Waals surface area (Å²) in [5.74, 6) is 0. The van der Waals surface area contributed by atoms with Gasteiger partial charge in [0, 0.05) is 11.6 Å². The van der Waals surface area contributed by atoms with Crippen molar-refractivity contribution < 1.29 is 13.2 Å². The van der Waals surface area contributed by atoms with Crippen molar-refractivity contribution in [3.8, 4) is 0 Å². The van der Waals surface area contributed by atoms with Gasteiger partial charge in [0.2, 0.25) is 0 Å². The van der Waals surface area contributed by atoms with Crippen LogP contribution >= 0.6 is 0 Å². The zero-order valence-electron chi connectivity index (χ0n) is 9.57. The summed E-state index contributed by atoms with van der Waals surface area (Å²) in [7, 11) is 0. The van der Waals surface area contributed by atoms with Crippen LogP contribution in [0.4, 0.5) is 13.2 Å². The number of pyridine rings is 1. The quantitative estimate of drug-likeness (QED) is 0.622. The molecule has 0 saturated carbocycles. The first-order valence-corrected chi connectivity index (χ1v) is 5.50. The Balaban J connectivity index is 2.42. The smallest absolute Gasteiger partial charge is 0.286 e. The predicted octanol–water partition coefficient (Wildman–Crippen LogP) is 2.99. The lowest BCUT2D eigenvalue weighted by molar-refractivity contribution is -0.137. The fourth-order valence-corrected chi connectivity index (χ4v) is 1.97. The molecule has 0 spiro atoms. The van der Waals surface area contributed by atoms with Gasteiger partial charge in [0.05, 0.1) is 11.1 Å². The molecular formula is C13H8F3N3. The second-order valence-electron chi connectivity index (χ2n) is 4.12. The molecule has 0 amide bonds. The van der Waals surface area contributed by atoms with Crippen molar-refractivity contribution in [3.05, 3.63) is 53.6 Å². The van der Waals surface area contributed by atoms with Crippen molar-refractivity contribution in [2.45, 2.75) is 6.18 Å². The van der Waals surface area contributed by atoms with Crippen molar-refractivity contribution in [2.24, 2.45) is 0 Å². The summed E-state index contributed by atoms with van der Waals surface area (Å²) < 4.78 is 39.5. The monoisotopic (exact) mass is 263 g/mol. The van der Waals surface area contributed by atoms with Gasteiger partial charge in [0.25, 0.3) is 0 Å². The highest BCUT2D eigenvalue weighted by Crippen LogP contribution is 2.30. The van der Waals surface area contributed by atoms with Crippen molar-refractivity contribution in [3.63, 3.8) is 0 Å². The Bertz CT molecular complexity index is 834. The predicted molar refractivity (Wildman–Crippen MR) is 63.6 cm³/mol. The van der Waals surface area contributed by atoms with E-state index in [0.717, 1.165) is 12.1 Å². The lowest BCUT2D eigenvalue weighted by Crippen LogP contribution is -2.15. The van der Waals surface area contributed by atoms with E-state index in [9.17, 15) is 13.2 Å². The van der Waals surface area contributed by atoms with Gasteiger partial charge in [0.15, 0.2) is 0 Å². The summed E-state index contributed by atoms with van der Waals surface area (Å²) in [4.78, 5) is 4.16. The third-order valence-corrected chi connectivity index (χ3v) is 2.89. The van der Waals surface area contributed by atoms with Crippen LogP contribution in [0, 0.1) is 5.41 Å². The van der Waals surface area contributed by atoms with Gasteiger partial charge >= 0.3 is 6.18 Å². The van der Waals surface area contributed by atoms with Crippen LogP contribution in [0.2, 0.25) is 0 Å². The fraction of sp³-hybridized carbons (Fsp3) is 0.0769. The van der Waals surface area contributed by atoms with Gasteiger partial charge in [-0.2, -0.15) is 13.2 Å². The molecule has 0 atom stereocenters. The molecule has 0 aliphatic carbocycles. The highest BCUT2D eigenvalue weighted by molar-refractivity contribution is 5.80. The maximum Gasteiger partial charge on any atom is 0.416 e. The number of alkyl halides is 3. The molecule has 2 heterocycles. The maximum absolute atomic E-state index is 12.7. The Kier molecular flexibility index (Phi) is 2.35. The Hall–Kier alpha value is -2.37. The lowest BCUT2D eigenvalue weighted by Gasteiger charge is -2.09. The molecule has 19 heavy (non-hydrogen) atoms. The first kappa shape index (κ1) is 11.7. The van der Waals surface area contributed by atoms with E-state index in [-0.39, 0.29) is 11.0 Å². The summed E-state index contributed by atoms with van der Waals surface area (Å²) in [5.41, 5.74) is -0.0214. The number of nitrogens with zero attached hydrogens (tertiary/aromatic N) is 2. The van der Waals surface area contributed by atoms with Gasteiger partial charge in [0.1, 0.15) is 11.1 Å². The molecule has 0 aliphatic rings. The number of nitrogens with one attached hydrogen (secondary N) is 1. The first-order chi connectivity index (χ1) is 8.97. The van der Waals surface area contributed by atoms with Gasteiger partial charge in [-0.25, -0.2) is 4.98 Å². The zero-order valence-corrected chi connectivity index (χ0v) is 9.57. The number of benzene rings is 1. The van der Waals surface area contributed by atoms with E-state index in [2.05, 4.69) is 4.98 Å². The highest BCUT2D eigenvalue weighted by atomic mass is 19.4. The van der Waals surface area contributed by atoms with Crippen molar-refractivity contribution in [2.75, 3.05) is 0 Å². The second kappa shape index (κ2) is 3.81. The zero-order chi connectivity index (χ0) is 13.6. The third kappa shape index (κ3) is 1.85. The fourth-order valence-electron chi connectivity index (χ4n) is 1.97. The summed E-state index contributed by atoms with van der Waals surface area (Å²) in [6.07, 6.45) is -2.75. The van der Waals surface area contributed by atoms with Crippen molar-refractivity contribution >= 4 is 16.6 Å². The normalized spacial score (nSPS) is 12.2. The van der Waals surface area contributed by atoms with Crippen LogP contribution in [-0.2, 0) is 6.18 Å². The molecule has 0 unspecified atom stereocenters. The molecular weight excluding hydrogens is 255 g/mol. The molecule has 2 aromatic heterocycles. The Morgan fingerprint density at radius 2 is 1.89 bits per heavy atom. The number of hydrogen-bond donors (Lipinski definition) is 1. The number of fused-ring (bicyclic) bond motifs is 2. The van der Waals surface area contributed by atoms with Crippen LogP contribution in [0.15, 0.2) is 42.6 Å². The standard InChI is InChI=1S/C13H8F3N3/c14-13(15,16)8-4-5-9-10(7-8)18-11-3-1-2-6-19(11)12(9)17/h1-7,17H. The molecule has 3 rings (SSSR count). The van der Waals surface area contributed by atoms with E-state index in [4.69, 9.17) is 5.41 Å². The molecule has 96 valence electrons. The van der Waals surface area contributed by atoms with Crippen molar-refractivity contribution in [1.82, 2.24) is 9.38 Å². The average molecular weight is 263 g/mol. The Morgan fingerprint density at radius 3 is 2.63 bits per heavy atom. The maximum atomic E-state index is 12.7. The van der Waals surface area contributed by atoms with Crippen LogP contribution in [0.1, 0.15) is 5.56 Å². The highest BCUT2D eigenvalue weighted by Gasteiger charge is 2.30. The van der Waals surface area contributed by atoms with E-state index in [1.165, 1.54) is 10.5 Å². The van der Waals surface area contributed by atoms with Crippen LogP contribution in [0.25, 0.3) is 16.6 Å². The van der Waals surface area contributed by atoms with Gasteiger partial charge in [-0.05, 0) is 30.3 Å². The molecule has 3 nitrogen and oxygen atoms in total. The Morgan fingerprint density at radius 1 is 1.11 bits per heavy atom. The molecule has 1 aromatic carbocycles. The lowest BCUT2D eigenvalue weighted by atomic mass is 10.1. The van der Waals surface area contributed by atoms with Crippen LogP contribution in [0.3, 0.4) is 0 Å². The molecule has 1 N–H and O–H groups in total. The van der Waals surface area contributed by atoms with E-state index in [0.29, 0.717) is 11.0 Å². The number of hydrogen-bond acceptors (Lipinski definition) is 2. The summed E-state index contributed by atoms with van der Waals surface area (Å²) in [5, 5.41) is 8.39. The minimum absolute atomic E-state index is 0.120. The van der Waals surface area contributed by atoms with Crippen LogP contribution in [-0.4, -0.2) is 9.38 Å². The summed E-state index contributed by atoms with van der Waals surface area (Å²) >= 11 is 0. The van der Waals surface area contributed by atoms with Gasteiger partial charge in [-0.15, -0.1) is 0 Å². The topological polar surface area (TPSA) is 41.2 Å².